The topological polar surface area (TPSA) is 393 Å². The number of urea groups is 1. The summed E-state index contributed by atoms with van der Waals surface area (Å²) < 4.78 is 69.8. The van der Waals surface area contributed by atoms with Gasteiger partial charge in [-0.05, 0) is 111 Å². The zero-order chi connectivity index (χ0) is 75.6. The standard InChI is InChI=1S/C72H96ClN11O16S.CO2/c1-44(2)65(81-63(87)20-24-96-26-28-98-30-31-99-29-27-97-25-22-76-69(88)52(43-101(92,93)94)35-56(85)19-23-83-55(41-82(7)75-6)34-49-12-9-10-14-59(49)83)61(86)37-50(13-11-21-77-72(74)91)70(89)79-54-17-15-48(16-18-54)42-100-62-38-60-64(57-33-46(4)78-67(57)62)53(39-73)40-84(60)71(90)58-36-51-32-45(3)68(95-8)47(5)66(51)80-58;2-1-3/h9-10,12,14-18,32-34,36,38,44,50,52-53,65,75,78,80H,11,13,19-31,35,37,39-43H2,1-8H3,(H,76,88)(H,79,89)(H,81,87)(H3,74,77,91)(H,92,93,94);/t50-,52+,53-,65?;/m1./s1. The number of ether oxygens (including phenoxy) is 6. The number of carbonyl (C=O) groups is 7. The van der Waals surface area contributed by atoms with Gasteiger partial charge in [0.25, 0.3) is 16.0 Å². The number of Topliss-reactive ketones (excluding diaryl/α,β-unsaturated/α-hetero) is 2. The summed E-state index contributed by atoms with van der Waals surface area (Å²) in [5.74, 6) is -4.25. The van der Waals surface area contributed by atoms with Crippen molar-refractivity contribution in [3.8, 4) is 11.5 Å². The van der Waals surface area contributed by atoms with Crippen molar-refractivity contribution in [2.75, 3.05) is 116 Å². The average Bonchev–Trinajstić information content (AvgIpc) is 1.56. The number of hydrazine groups is 1. The molecule has 1 aliphatic rings. The molecule has 1 unspecified atom stereocenters. The maximum absolute atomic E-state index is 14.5. The van der Waals surface area contributed by atoms with Crippen LogP contribution >= 0.6 is 11.6 Å². The number of halogens is 1. The third-order valence-corrected chi connectivity index (χ3v) is 19.0. The Bertz CT molecular complexity index is 4250. The van der Waals surface area contributed by atoms with E-state index in [1.807, 2.05) is 104 Å². The number of aromatic nitrogens is 3. The Kier molecular flexibility index (Phi) is 31.8. The number of hydrogen-bond donors (Lipinski definition) is 9. The van der Waals surface area contributed by atoms with Crippen LogP contribution in [0.2, 0.25) is 0 Å². The second-order valence-corrected chi connectivity index (χ2v) is 27.6. The van der Waals surface area contributed by atoms with Crippen molar-refractivity contribution < 1.29 is 84.5 Å². The molecule has 4 aromatic carbocycles. The van der Waals surface area contributed by atoms with Crippen molar-refractivity contribution >= 4 is 113 Å². The SMILES string of the molecule is CNN(C)Cc1cc2ccccc2n1CCC(=O)C[C@@H](CS(=O)(=O)O)C(=O)NCCOCCOCCOCCOCCC(=O)NC(C(=O)C[C@@H](CCCNC(N)=O)C(=O)Nc1ccc(COc2cc3c(c4cc(C)[nH]c24)[C@H](CCl)CN3C(=O)c2cc3cc(C)c(OC)c(C)c3[nH]2)cc1)C(C)C.O=C=O. The van der Waals surface area contributed by atoms with Crippen LogP contribution < -0.4 is 46.8 Å². The first-order valence-electron chi connectivity index (χ1n) is 34.4. The number of para-hydroxylation sites is 1. The highest BCUT2D eigenvalue weighted by Crippen LogP contribution is 2.47. The Labute approximate surface area is 609 Å². The summed E-state index contributed by atoms with van der Waals surface area (Å²) >= 11 is 6.62. The average molecular weight is 1480 g/mol. The van der Waals surface area contributed by atoms with Crippen LogP contribution in [-0.2, 0) is 82.3 Å². The third-order valence-electron chi connectivity index (χ3n) is 17.8. The quantitative estimate of drug-likeness (QED) is 0.00782. The predicted octanol–water partition coefficient (Wildman–Crippen LogP) is 7.31. The molecule has 1 aliphatic heterocycles. The van der Waals surface area contributed by atoms with Crippen LogP contribution in [0.3, 0.4) is 0 Å². The number of amides is 6. The molecular formula is C73H96ClN11O18S. The van der Waals surface area contributed by atoms with Gasteiger partial charge >= 0.3 is 12.2 Å². The first-order valence-corrected chi connectivity index (χ1v) is 36.5. The second-order valence-electron chi connectivity index (χ2n) is 25.8. The Hall–Kier alpha value is -9.07. The molecular weight excluding hydrogens is 1390 g/mol. The molecule has 0 saturated heterocycles. The highest BCUT2D eigenvalue weighted by atomic mass is 35.5. The molecule has 10 N–H and O–H groups in total. The number of benzene rings is 4. The Balaban J connectivity index is 0.00000495. The van der Waals surface area contributed by atoms with Gasteiger partial charge in [-0.3, -0.25) is 38.7 Å². The van der Waals surface area contributed by atoms with Crippen LogP contribution in [0.15, 0.2) is 78.9 Å². The van der Waals surface area contributed by atoms with Gasteiger partial charge in [-0.2, -0.15) is 18.0 Å². The molecule has 3 aromatic heterocycles. The third kappa shape index (κ3) is 23.7. The van der Waals surface area contributed by atoms with Crippen molar-refractivity contribution in [1.29, 1.82) is 0 Å². The van der Waals surface area contributed by atoms with Gasteiger partial charge in [0, 0.05) is 122 Å². The van der Waals surface area contributed by atoms with E-state index >= 15 is 0 Å². The molecule has 0 bridgehead atoms. The van der Waals surface area contributed by atoms with Gasteiger partial charge in [-0.15, -0.1) is 11.6 Å². The number of nitrogens with two attached hydrogens (primary N) is 1. The summed E-state index contributed by atoms with van der Waals surface area (Å²) in [7, 11) is 0.757. The molecule has 0 radical (unpaired) electrons. The minimum Gasteiger partial charge on any atom is -0.496 e. The van der Waals surface area contributed by atoms with E-state index in [2.05, 4.69) is 36.7 Å². The minimum absolute atomic E-state index is 0.0280. The lowest BCUT2D eigenvalue weighted by Crippen LogP contribution is -2.45. The van der Waals surface area contributed by atoms with E-state index in [0.717, 1.165) is 72.1 Å². The number of aromatic amines is 2. The largest absolute Gasteiger partial charge is 0.496 e. The van der Waals surface area contributed by atoms with Crippen LogP contribution in [0.4, 0.5) is 16.2 Å². The van der Waals surface area contributed by atoms with E-state index in [1.54, 1.807) is 45.0 Å². The number of rotatable bonds is 43. The second kappa shape index (κ2) is 40.3. The molecule has 0 fully saturated rings. The highest BCUT2D eigenvalue weighted by molar-refractivity contribution is 7.85. The van der Waals surface area contributed by atoms with Crippen molar-refractivity contribution in [2.45, 2.75) is 105 Å². The predicted molar refractivity (Wildman–Crippen MR) is 391 cm³/mol. The first kappa shape index (κ1) is 82.2. The van der Waals surface area contributed by atoms with Crippen molar-refractivity contribution in [3.63, 3.8) is 0 Å². The number of ketones is 2. The number of aryl methyl sites for hydroxylation is 4. The number of nitrogens with zero attached hydrogens (tertiary/aromatic N) is 3. The number of methoxy groups -OCH3 is 1. The zero-order valence-electron chi connectivity index (χ0n) is 60.0. The van der Waals surface area contributed by atoms with Gasteiger partial charge in [0.15, 0.2) is 5.78 Å². The monoisotopic (exact) mass is 1480 g/mol. The Morgan fingerprint density at radius 1 is 0.798 bits per heavy atom. The van der Waals surface area contributed by atoms with Gasteiger partial charge in [0.05, 0.1) is 101 Å². The normalized spacial score (nSPS) is 13.7. The fourth-order valence-electron chi connectivity index (χ4n) is 12.7. The lowest BCUT2D eigenvalue weighted by Gasteiger charge is -2.24. The van der Waals surface area contributed by atoms with Crippen molar-refractivity contribution in [3.05, 3.63) is 118 Å². The van der Waals surface area contributed by atoms with Crippen molar-refractivity contribution in [1.82, 2.24) is 40.9 Å². The maximum Gasteiger partial charge on any atom is 0.373 e. The molecule has 564 valence electrons. The van der Waals surface area contributed by atoms with E-state index in [4.69, 9.17) is 55.3 Å². The number of anilines is 2. The number of alkyl halides is 1. The molecule has 0 saturated carbocycles. The number of hydrogen-bond acceptors (Lipinski definition) is 19. The van der Waals surface area contributed by atoms with Crippen LogP contribution in [0.25, 0.3) is 32.7 Å². The van der Waals surface area contributed by atoms with E-state index in [0.29, 0.717) is 54.8 Å². The number of carbonyl (C=O) groups excluding carboxylic acids is 9. The van der Waals surface area contributed by atoms with Gasteiger partial charge < -0.3 is 74.9 Å². The van der Waals surface area contributed by atoms with Crippen LogP contribution in [0, 0.1) is 38.5 Å². The summed E-state index contributed by atoms with van der Waals surface area (Å²) in [5.41, 5.74) is 18.1. The Morgan fingerprint density at radius 2 is 1.47 bits per heavy atom. The molecule has 31 heteroatoms. The number of primary amides is 1. The van der Waals surface area contributed by atoms with Crippen LogP contribution in [0.1, 0.15) is 102 Å². The zero-order valence-corrected chi connectivity index (χ0v) is 61.6. The summed E-state index contributed by atoms with van der Waals surface area (Å²) in [6, 6.07) is 23.1. The molecule has 0 spiro atoms. The summed E-state index contributed by atoms with van der Waals surface area (Å²) in [6.07, 6.45) is 0.269. The summed E-state index contributed by atoms with van der Waals surface area (Å²) in [6.45, 7) is 12.5. The van der Waals surface area contributed by atoms with Gasteiger partial charge in [-0.25, -0.2) is 9.80 Å². The fourth-order valence-corrected chi connectivity index (χ4v) is 13.7. The number of nitrogens with one attached hydrogen (secondary N) is 7. The smallest absolute Gasteiger partial charge is 0.373 e. The maximum atomic E-state index is 14.5. The lowest BCUT2D eigenvalue weighted by molar-refractivity contribution is -0.191. The molecule has 6 amide bonds. The van der Waals surface area contributed by atoms with E-state index in [1.165, 1.54) is 0 Å². The minimum atomic E-state index is -4.57. The van der Waals surface area contributed by atoms with Crippen LogP contribution in [0.5, 0.6) is 11.5 Å². The Morgan fingerprint density at radius 3 is 2.12 bits per heavy atom. The van der Waals surface area contributed by atoms with E-state index in [9.17, 15) is 46.5 Å². The lowest BCUT2D eigenvalue weighted by atomic mass is 9.89. The molecule has 4 heterocycles. The molecule has 0 aliphatic carbocycles. The van der Waals surface area contributed by atoms with E-state index < -0.39 is 57.5 Å². The molecule has 29 nitrogen and oxygen atoms in total. The van der Waals surface area contributed by atoms with Crippen molar-refractivity contribution in [2.24, 2.45) is 23.5 Å². The van der Waals surface area contributed by atoms with Gasteiger partial charge in [-0.1, -0.05) is 44.2 Å². The molecule has 8 rings (SSSR count). The van der Waals surface area contributed by atoms with Crippen LogP contribution in [-0.4, -0.2) is 191 Å². The summed E-state index contributed by atoms with van der Waals surface area (Å²) in [5, 5.41) is 15.6. The first-order chi connectivity index (χ1) is 49.8. The highest BCUT2D eigenvalue weighted by Gasteiger charge is 2.37. The molecule has 104 heavy (non-hydrogen) atoms. The van der Waals surface area contributed by atoms with Gasteiger partial charge in [0.1, 0.15) is 29.6 Å². The molecule has 4 atom stereocenters. The number of fused-ring (bicyclic) bond motifs is 5. The number of H-pyrrole nitrogens is 2. The van der Waals surface area contributed by atoms with E-state index in [-0.39, 0.29) is 140 Å². The van der Waals surface area contributed by atoms with Gasteiger partial charge in [0.2, 0.25) is 17.7 Å². The fraction of sp³-hybridized carbons (Fsp3) is 0.479. The summed E-state index contributed by atoms with van der Waals surface area (Å²) in [4.78, 5) is 118. The molecule has 7 aromatic rings.